The van der Waals surface area contributed by atoms with E-state index in [0.717, 1.165) is 29.9 Å². The van der Waals surface area contributed by atoms with E-state index in [1.54, 1.807) is 13.2 Å². The number of hydrogen-bond acceptors (Lipinski definition) is 3. The van der Waals surface area contributed by atoms with Crippen molar-refractivity contribution in [3.05, 3.63) is 59.2 Å². The predicted molar refractivity (Wildman–Crippen MR) is 96.0 cm³/mol. The average molecular weight is 327 g/mol. The minimum atomic E-state index is -0.0493. The molecule has 0 unspecified atom stereocenters. The van der Waals surface area contributed by atoms with Crippen LogP contribution in [0.1, 0.15) is 34.8 Å². The van der Waals surface area contributed by atoms with Crippen LogP contribution in [0.2, 0.25) is 0 Å². The van der Waals surface area contributed by atoms with Gasteiger partial charge in [0.15, 0.2) is 0 Å². The molecule has 4 heteroatoms. The second kappa shape index (κ2) is 8.96. The predicted octanol–water partition coefficient (Wildman–Crippen LogP) is 3.76. The van der Waals surface area contributed by atoms with Crippen LogP contribution < -0.4 is 14.8 Å². The largest absolute Gasteiger partial charge is 0.497 e. The Balaban J connectivity index is 1.81. The molecular weight excluding hydrogens is 302 g/mol. The Morgan fingerprint density at radius 1 is 1.17 bits per heavy atom. The lowest BCUT2D eigenvalue weighted by molar-refractivity contribution is 0.0953. The molecule has 0 saturated carbocycles. The molecule has 0 radical (unpaired) electrons. The molecule has 0 aliphatic rings. The van der Waals surface area contributed by atoms with Gasteiger partial charge < -0.3 is 14.8 Å². The van der Waals surface area contributed by atoms with Gasteiger partial charge in [0.25, 0.3) is 5.91 Å². The van der Waals surface area contributed by atoms with Crippen LogP contribution >= 0.6 is 0 Å². The normalized spacial score (nSPS) is 10.3. The van der Waals surface area contributed by atoms with Gasteiger partial charge in [-0.1, -0.05) is 12.1 Å². The molecule has 0 spiro atoms. The number of methoxy groups -OCH3 is 1. The van der Waals surface area contributed by atoms with Crippen LogP contribution in [0.3, 0.4) is 0 Å². The molecule has 4 nitrogen and oxygen atoms in total. The molecule has 2 aromatic carbocycles. The molecule has 2 aromatic rings. The van der Waals surface area contributed by atoms with E-state index in [1.807, 2.05) is 44.2 Å². The van der Waals surface area contributed by atoms with Gasteiger partial charge in [0.05, 0.1) is 13.7 Å². The van der Waals surface area contributed by atoms with E-state index in [0.29, 0.717) is 18.7 Å². The highest BCUT2D eigenvalue weighted by Crippen LogP contribution is 2.19. The topological polar surface area (TPSA) is 47.6 Å². The van der Waals surface area contributed by atoms with Crippen LogP contribution in [0.4, 0.5) is 0 Å². The lowest BCUT2D eigenvalue weighted by Gasteiger charge is -2.10. The smallest absolute Gasteiger partial charge is 0.251 e. The van der Waals surface area contributed by atoms with Gasteiger partial charge in [-0.25, -0.2) is 0 Å². The molecule has 128 valence electrons. The van der Waals surface area contributed by atoms with Crippen molar-refractivity contribution in [3.63, 3.8) is 0 Å². The van der Waals surface area contributed by atoms with E-state index in [4.69, 9.17) is 9.47 Å². The van der Waals surface area contributed by atoms with Crippen molar-refractivity contribution in [1.29, 1.82) is 0 Å². The highest BCUT2D eigenvalue weighted by molar-refractivity contribution is 5.94. The molecule has 0 aliphatic carbocycles. The van der Waals surface area contributed by atoms with Crippen molar-refractivity contribution in [3.8, 4) is 11.5 Å². The summed E-state index contributed by atoms with van der Waals surface area (Å²) in [5.74, 6) is 1.64. The molecule has 0 atom stereocenters. The van der Waals surface area contributed by atoms with E-state index < -0.39 is 0 Å². The number of hydrogen-bond donors (Lipinski definition) is 1. The fourth-order valence-corrected chi connectivity index (χ4v) is 2.53. The fraction of sp³-hybridized carbons (Fsp3) is 0.350. The Morgan fingerprint density at radius 3 is 2.71 bits per heavy atom. The number of carbonyl (C=O) groups is 1. The first-order valence-corrected chi connectivity index (χ1v) is 8.28. The fourth-order valence-electron chi connectivity index (χ4n) is 2.53. The summed E-state index contributed by atoms with van der Waals surface area (Å²) >= 11 is 0. The van der Waals surface area contributed by atoms with Crippen molar-refractivity contribution >= 4 is 5.91 Å². The number of nitrogens with one attached hydrogen (secondary N) is 1. The number of amides is 1. The van der Waals surface area contributed by atoms with E-state index in [1.165, 1.54) is 5.56 Å². The molecule has 0 bridgehead atoms. The van der Waals surface area contributed by atoms with E-state index in [9.17, 15) is 4.79 Å². The van der Waals surface area contributed by atoms with Gasteiger partial charge in [0.1, 0.15) is 11.5 Å². The first-order valence-electron chi connectivity index (χ1n) is 8.28. The summed E-state index contributed by atoms with van der Waals surface area (Å²) in [6, 6.07) is 13.5. The molecule has 2 rings (SSSR count). The minimum absolute atomic E-state index is 0.0493. The van der Waals surface area contributed by atoms with Crippen molar-refractivity contribution in [2.24, 2.45) is 0 Å². The maximum atomic E-state index is 12.2. The van der Waals surface area contributed by atoms with E-state index >= 15 is 0 Å². The number of ether oxygens (including phenoxy) is 2. The summed E-state index contributed by atoms with van der Waals surface area (Å²) in [6.45, 7) is 5.16. The summed E-state index contributed by atoms with van der Waals surface area (Å²) in [5.41, 5.74) is 2.85. The average Bonchev–Trinajstić information content (AvgIpc) is 2.60. The molecule has 1 amide bonds. The van der Waals surface area contributed by atoms with Crippen LogP contribution in [0.5, 0.6) is 11.5 Å². The first-order chi connectivity index (χ1) is 11.6. The Bertz CT molecular complexity index is 682. The standard InChI is InChI=1S/C20H25NO3/c1-4-24-19-11-10-17(13-15(19)2)20(22)21-12-6-8-16-7-5-9-18(14-16)23-3/h5,7,9-11,13-14H,4,6,8,12H2,1-3H3,(H,21,22). The number of rotatable bonds is 8. The molecule has 0 aromatic heterocycles. The summed E-state index contributed by atoms with van der Waals surface area (Å²) < 4.78 is 10.7. The second-order valence-electron chi connectivity index (χ2n) is 5.62. The quantitative estimate of drug-likeness (QED) is 0.751. The Morgan fingerprint density at radius 2 is 2.00 bits per heavy atom. The van der Waals surface area contributed by atoms with E-state index in [-0.39, 0.29) is 5.91 Å². The van der Waals surface area contributed by atoms with Crippen molar-refractivity contribution in [2.75, 3.05) is 20.3 Å². The Kier molecular flexibility index (Phi) is 6.67. The lowest BCUT2D eigenvalue weighted by atomic mass is 10.1. The van der Waals surface area contributed by atoms with Crippen LogP contribution in [-0.4, -0.2) is 26.2 Å². The van der Waals surface area contributed by atoms with Gasteiger partial charge in [-0.2, -0.15) is 0 Å². The molecule has 0 heterocycles. The van der Waals surface area contributed by atoms with Crippen molar-refractivity contribution in [2.45, 2.75) is 26.7 Å². The summed E-state index contributed by atoms with van der Waals surface area (Å²) in [6.07, 6.45) is 1.79. The summed E-state index contributed by atoms with van der Waals surface area (Å²) in [7, 11) is 1.66. The van der Waals surface area contributed by atoms with Crippen LogP contribution in [0.25, 0.3) is 0 Å². The third-order valence-electron chi connectivity index (χ3n) is 3.80. The third-order valence-corrected chi connectivity index (χ3v) is 3.80. The molecule has 24 heavy (non-hydrogen) atoms. The van der Waals surface area contributed by atoms with Gasteiger partial charge in [-0.15, -0.1) is 0 Å². The molecule has 0 aliphatic heterocycles. The number of aryl methyl sites for hydroxylation is 2. The van der Waals surface area contributed by atoms with Gasteiger partial charge >= 0.3 is 0 Å². The SMILES string of the molecule is CCOc1ccc(C(=O)NCCCc2cccc(OC)c2)cc1C. The zero-order chi connectivity index (χ0) is 17.4. The zero-order valence-electron chi connectivity index (χ0n) is 14.6. The van der Waals surface area contributed by atoms with Crippen molar-refractivity contribution in [1.82, 2.24) is 5.32 Å². The van der Waals surface area contributed by atoms with Gasteiger partial charge in [0, 0.05) is 12.1 Å². The molecular formula is C20H25NO3. The van der Waals surface area contributed by atoms with Crippen LogP contribution in [0, 0.1) is 6.92 Å². The van der Waals surface area contributed by atoms with E-state index in [2.05, 4.69) is 11.4 Å². The highest BCUT2D eigenvalue weighted by Gasteiger charge is 2.08. The minimum Gasteiger partial charge on any atom is -0.497 e. The van der Waals surface area contributed by atoms with Crippen molar-refractivity contribution < 1.29 is 14.3 Å². The number of carbonyl (C=O) groups excluding carboxylic acids is 1. The summed E-state index contributed by atoms with van der Waals surface area (Å²) in [4.78, 5) is 12.2. The van der Waals surface area contributed by atoms with Gasteiger partial charge in [-0.3, -0.25) is 4.79 Å². The Labute approximate surface area is 143 Å². The van der Waals surface area contributed by atoms with Crippen LogP contribution in [0.15, 0.2) is 42.5 Å². The van der Waals surface area contributed by atoms with Gasteiger partial charge in [0.2, 0.25) is 0 Å². The molecule has 0 fully saturated rings. The first kappa shape index (κ1) is 17.9. The van der Waals surface area contributed by atoms with Gasteiger partial charge in [-0.05, 0) is 68.1 Å². The number of benzene rings is 2. The third kappa shape index (κ3) is 5.01. The maximum Gasteiger partial charge on any atom is 0.251 e. The highest BCUT2D eigenvalue weighted by atomic mass is 16.5. The lowest BCUT2D eigenvalue weighted by Crippen LogP contribution is -2.24. The molecule has 1 N–H and O–H groups in total. The monoisotopic (exact) mass is 327 g/mol. The molecule has 0 saturated heterocycles. The summed E-state index contributed by atoms with van der Waals surface area (Å²) in [5, 5.41) is 2.97. The zero-order valence-corrected chi connectivity index (χ0v) is 14.6. The Hall–Kier alpha value is -2.49. The maximum absolute atomic E-state index is 12.2. The second-order valence-corrected chi connectivity index (χ2v) is 5.62. The van der Waals surface area contributed by atoms with Crippen LogP contribution in [-0.2, 0) is 6.42 Å².